The van der Waals surface area contributed by atoms with Gasteiger partial charge in [-0.1, -0.05) is 79.0 Å². The average Bonchev–Trinajstić information content (AvgIpc) is 4.55. The number of piperidine rings is 1. The molecule has 19 nitrogen and oxygen atoms in total. The van der Waals surface area contributed by atoms with Gasteiger partial charge in [-0.2, -0.15) is 18.2 Å². The number of ether oxygens (including phenoxy) is 3. The van der Waals surface area contributed by atoms with Crippen LogP contribution < -0.4 is 15.4 Å². The van der Waals surface area contributed by atoms with Gasteiger partial charge >= 0.3 is 18.2 Å². The zero-order valence-electron chi connectivity index (χ0n) is 45.6. The Balaban J connectivity index is 0.709. The Morgan fingerprint density at radius 2 is 1.54 bits per heavy atom. The number of rotatable bonds is 24. The number of hydrogen-bond donors (Lipinski definition) is 3. The van der Waals surface area contributed by atoms with Crippen molar-refractivity contribution in [1.82, 2.24) is 45.4 Å². The van der Waals surface area contributed by atoms with Crippen LogP contribution >= 0.6 is 22.7 Å². The van der Waals surface area contributed by atoms with E-state index < -0.39 is 47.5 Å². The molecule has 0 radical (unpaired) electrons. The lowest BCUT2D eigenvalue weighted by Gasteiger charge is -2.40. The molecule has 3 aromatic heterocycles. The monoisotopic (exact) mass is 1170 g/mol. The maximum atomic E-state index is 14.3. The molecule has 82 heavy (non-hydrogen) atoms. The molecule has 436 valence electrons. The third-order valence-electron chi connectivity index (χ3n) is 15.5. The van der Waals surface area contributed by atoms with Gasteiger partial charge in [-0.25, -0.2) is 14.8 Å². The lowest BCUT2D eigenvalue weighted by molar-refractivity contribution is -0.159. The van der Waals surface area contributed by atoms with E-state index in [9.17, 15) is 42.3 Å². The minimum Gasteiger partial charge on any atom is -0.491 e. The number of hydrogen-bond acceptors (Lipinski definition) is 16. The van der Waals surface area contributed by atoms with Crippen LogP contribution in [0.1, 0.15) is 113 Å². The largest absolute Gasteiger partial charge is 0.491 e. The number of ketones is 1. The fourth-order valence-electron chi connectivity index (χ4n) is 10.6. The molecule has 9 rings (SSSR count). The molecule has 1 saturated carbocycles. The third-order valence-corrected chi connectivity index (χ3v) is 17.6. The molecule has 5 heterocycles. The van der Waals surface area contributed by atoms with Gasteiger partial charge in [0.1, 0.15) is 40.1 Å². The van der Waals surface area contributed by atoms with Crippen molar-refractivity contribution in [3.63, 3.8) is 0 Å². The van der Waals surface area contributed by atoms with E-state index in [2.05, 4.69) is 30.2 Å². The van der Waals surface area contributed by atoms with Gasteiger partial charge in [0.15, 0.2) is 0 Å². The Hall–Kier alpha value is -7.12. The van der Waals surface area contributed by atoms with Gasteiger partial charge in [0.05, 0.1) is 38.2 Å². The average molecular weight is 1170 g/mol. The van der Waals surface area contributed by atoms with Gasteiger partial charge in [-0.05, 0) is 88.7 Å². The van der Waals surface area contributed by atoms with Gasteiger partial charge in [0.25, 0.3) is 5.91 Å². The molecular weight excluding hydrogens is 1100 g/mol. The predicted octanol–water partition coefficient (Wildman–Crippen LogP) is 9.17. The molecule has 3 fully saturated rings. The summed E-state index contributed by atoms with van der Waals surface area (Å²) in [5.41, 5.74) is 2.46. The van der Waals surface area contributed by atoms with E-state index in [1.165, 1.54) is 37.4 Å². The fourth-order valence-corrected chi connectivity index (χ4v) is 12.7. The van der Waals surface area contributed by atoms with Crippen LogP contribution in [0.5, 0.6) is 5.75 Å². The van der Waals surface area contributed by atoms with E-state index in [0.717, 1.165) is 72.8 Å². The smallest absolute Gasteiger partial charge is 0.471 e. The summed E-state index contributed by atoms with van der Waals surface area (Å²) < 4.78 is 61.5. The van der Waals surface area contributed by atoms with Crippen LogP contribution in [0, 0.1) is 5.92 Å². The standard InChI is InChI=1S/C58H66F3N9O10S2/c1-37(68(2)56(75)76)50(72)65-47(39-14-7-4-8-15-39)53(74)70-23-11-20-46(70)52-63-45(35-81-52)48(71)40-16-10-19-43(33-40)79-31-30-78-29-28-77-27-26-69-24-21-57(22-25-69,55-64-44(34-82-55)38-12-5-3-6-13-38)36-62-51(73)42-18-9-17-41(32-42)49-66-54(80-67-49)58(59,60)61/h3,5-6,9-10,12-13,16-19,32-35,37,39,46-47H,4,7-8,11,14-15,20-31,36H2,1-2H3,(H,62,73)(H,65,72)(H,75,76)/t37?,46?,47-/m0/s1. The van der Waals surface area contributed by atoms with Gasteiger partial charge in [-0.3, -0.25) is 24.1 Å². The summed E-state index contributed by atoms with van der Waals surface area (Å²) in [6, 6.07) is 20.7. The van der Waals surface area contributed by atoms with Gasteiger partial charge in [0.2, 0.25) is 23.4 Å². The number of nitrogens with zero attached hydrogens (tertiary/aromatic N) is 7. The summed E-state index contributed by atoms with van der Waals surface area (Å²) in [5, 5.41) is 24.2. The number of aromatic nitrogens is 4. The molecule has 4 amide bonds. The van der Waals surface area contributed by atoms with Crippen LogP contribution in [-0.2, 0) is 30.7 Å². The summed E-state index contributed by atoms with van der Waals surface area (Å²) in [6.45, 7) is 6.14. The summed E-state index contributed by atoms with van der Waals surface area (Å²) in [6.07, 6.45) is 1.28. The third kappa shape index (κ3) is 14.7. The summed E-state index contributed by atoms with van der Waals surface area (Å²) in [5.74, 6) is -2.74. The molecule has 0 bridgehead atoms. The number of thiazole rings is 2. The van der Waals surface area contributed by atoms with Crippen molar-refractivity contribution >= 4 is 52.3 Å². The van der Waals surface area contributed by atoms with Crippen LogP contribution in [0.25, 0.3) is 22.6 Å². The molecule has 2 aliphatic heterocycles. The first-order valence-electron chi connectivity index (χ1n) is 27.6. The van der Waals surface area contributed by atoms with Crippen LogP contribution in [0.3, 0.4) is 0 Å². The van der Waals surface area contributed by atoms with E-state index in [1.54, 1.807) is 58.0 Å². The molecule has 24 heteroatoms. The highest BCUT2D eigenvalue weighted by Gasteiger charge is 2.43. The first-order valence-corrected chi connectivity index (χ1v) is 29.3. The second kappa shape index (κ2) is 27.3. The van der Waals surface area contributed by atoms with Crippen LogP contribution in [0.2, 0.25) is 0 Å². The number of carbonyl (C=O) groups is 5. The number of likely N-dealkylation sites (N-methyl/N-ethyl adjacent to an activating group) is 1. The Labute approximate surface area is 480 Å². The first-order chi connectivity index (χ1) is 39.6. The Bertz CT molecular complexity index is 3140. The van der Waals surface area contributed by atoms with Crippen molar-refractivity contribution in [2.24, 2.45) is 5.92 Å². The molecule has 3 atom stereocenters. The van der Waals surface area contributed by atoms with Crippen LogP contribution in [0.4, 0.5) is 18.0 Å². The first kappa shape index (κ1) is 59.5. The predicted molar refractivity (Wildman–Crippen MR) is 299 cm³/mol. The Morgan fingerprint density at radius 3 is 2.28 bits per heavy atom. The molecule has 6 aromatic rings. The van der Waals surface area contributed by atoms with Gasteiger partial charge in [-0.15, -0.1) is 22.7 Å². The molecule has 3 aromatic carbocycles. The zero-order chi connectivity index (χ0) is 57.8. The minimum atomic E-state index is -4.80. The SMILES string of the molecule is CC(C(=O)N[C@H](C(=O)N1CCCC1c1nc(C(=O)c2cccc(OCCOCCOCCN3CCC(CNC(=O)c4cccc(-c5noc(C(F)(F)F)n5)c4)(c4nc(-c5ccccc5)cs4)CC3)c2)cs1)C1CCCCC1)N(C)C(=O)O. The van der Waals surface area contributed by atoms with Crippen molar-refractivity contribution in [3.8, 4) is 28.4 Å². The molecule has 2 saturated heterocycles. The minimum absolute atomic E-state index is 0.0728. The van der Waals surface area contributed by atoms with E-state index in [4.69, 9.17) is 24.2 Å². The Morgan fingerprint density at radius 1 is 0.817 bits per heavy atom. The number of benzene rings is 3. The maximum Gasteiger partial charge on any atom is 0.471 e. The van der Waals surface area contributed by atoms with Gasteiger partial charge in [0, 0.05) is 65.1 Å². The molecule has 0 spiro atoms. The topological polar surface area (TPSA) is 232 Å². The van der Waals surface area contributed by atoms with Crippen LogP contribution in [-0.4, -0.2) is 154 Å². The maximum absolute atomic E-state index is 14.3. The van der Waals surface area contributed by atoms with Crippen molar-refractivity contribution in [2.45, 2.75) is 94.4 Å². The lowest BCUT2D eigenvalue weighted by atomic mass is 9.78. The number of likely N-dealkylation sites (tertiary alicyclic amines) is 2. The quantitative estimate of drug-likeness (QED) is 0.0379. The second-order valence-electron chi connectivity index (χ2n) is 20.9. The lowest BCUT2D eigenvalue weighted by Crippen LogP contribution is -2.56. The molecule has 3 N–H and O–H groups in total. The van der Waals surface area contributed by atoms with Crippen molar-refractivity contribution in [1.29, 1.82) is 0 Å². The number of carbonyl (C=O) groups excluding carboxylic acids is 4. The summed E-state index contributed by atoms with van der Waals surface area (Å²) in [4.78, 5) is 84.9. The molecule has 1 aliphatic carbocycles. The molecular formula is C58H66F3N9O10S2. The van der Waals surface area contributed by atoms with E-state index in [0.29, 0.717) is 68.5 Å². The highest BCUT2D eigenvalue weighted by molar-refractivity contribution is 7.10. The normalized spacial score (nSPS) is 17.5. The highest BCUT2D eigenvalue weighted by Crippen LogP contribution is 2.40. The molecule has 2 unspecified atom stereocenters. The number of alkyl halides is 3. The number of amides is 4. The highest BCUT2D eigenvalue weighted by atomic mass is 32.1. The summed E-state index contributed by atoms with van der Waals surface area (Å²) >= 11 is 2.88. The van der Waals surface area contributed by atoms with E-state index in [1.807, 2.05) is 35.7 Å². The van der Waals surface area contributed by atoms with Crippen molar-refractivity contribution in [2.75, 3.05) is 72.8 Å². The number of nitrogens with one attached hydrogen (secondary N) is 2. The Kier molecular flexibility index (Phi) is 19.8. The number of carboxylic acid groups (broad SMARTS) is 1. The van der Waals surface area contributed by atoms with E-state index >= 15 is 0 Å². The van der Waals surface area contributed by atoms with Gasteiger partial charge < -0.3 is 44.3 Å². The summed E-state index contributed by atoms with van der Waals surface area (Å²) in [7, 11) is 1.33. The van der Waals surface area contributed by atoms with Crippen molar-refractivity contribution in [3.05, 3.63) is 122 Å². The van der Waals surface area contributed by atoms with Crippen molar-refractivity contribution < 1.29 is 61.0 Å². The fraction of sp³-hybridized carbons (Fsp3) is 0.466. The number of halogens is 3. The van der Waals surface area contributed by atoms with Crippen LogP contribution in [0.15, 0.2) is 94.1 Å². The van der Waals surface area contributed by atoms with E-state index in [-0.39, 0.29) is 66.1 Å². The second-order valence-corrected chi connectivity index (χ2v) is 22.6. The zero-order valence-corrected chi connectivity index (χ0v) is 47.2. The molecule has 3 aliphatic rings.